The average Bonchev–Trinajstić information content (AvgIpc) is 2.64. The molecule has 2 fully saturated rings. The topological polar surface area (TPSA) is 21.3 Å². The molecule has 1 saturated heterocycles. The summed E-state index contributed by atoms with van der Waals surface area (Å²) in [5.74, 6) is 0.762. The molecule has 0 aromatic carbocycles. The van der Waals surface area contributed by atoms with Gasteiger partial charge in [0.05, 0.1) is 6.61 Å². The third-order valence-corrected chi connectivity index (χ3v) is 3.96. The fraction of sp³-hybridized carbons (Fsp3) is 1.00. The van der Waals surface area contributed by atoms with Gasteiger partial charge in [0.25, 0.3) is 0 Å². The Balaban J connectivity index is 1.85. The molecule has 82 valence electrons. The monoisotopic (exact) mass is 197 g/mol. The second kappa shape index (κ2) is 4.19. The molecule has 0 radical (unpaired) electrons. The Bertz CT molecular complexity index is 183. The predicted octanol–water partition coefficient (Wildman–Crippen LogP) is 2.33. The van der Waals surface area contributed by atoms with Crippen LogP contribution in [-0.2, 0) is 4.74 Å². The molecule has 2 heteroatoms. The van der Waals surface area contributed by atoms with Crippen LogP contribution in [0.4, 0.5) is 0 Å². The van der Waals surface area contributed by atoms with Crippen molar-refractivity contribution in [2.45, 2.75) is 57.5 Å². The molecule has 1 aliphatic heterocycles. The average molecular weight is 197 g/mol. The summed E-state index contributed by atoms with van der Waals surface area (Å²) in [6.07, 6.45) is 6.61. The molecule has 2 atom stereocenters. The third-order valence-electron chi connectivity index (χ3n) is 3.96. The van der Waals surface area contributed by atoms with Crippen LogP contribution in [0.3, 0.4) is 0 Å². The Kier molecular flexibility index (Phi) is 3.13. The minimum atomic E-state index is 0.448. The van der Waals surface area contributed by atoms with E-state index in [9.17, 15) is 0 Å². The van der Waals surface area contributed by atoms with Crippen molar-refractivity contribution in [3.8, 4) is 0 Å². The molecule has 0 amide bonds. The second-order valence-electron chi connectivity index (χ2n) is 5.20. The Hall–Kier alpha value is -0.0800. The first kappa shape index (κ1) is 10.4. The van der Waals surface area contributed by atoms with Crippen molar-refractivity contribution in [3.63, 3.8) is 0 Å². The van der Waals surface area contributed by atoms with E-state index < -0.39 is 0 Å². The van der Waals surface area contributed by atoms with E-state index in [1.165, 1.54) is 32.1 Å². The first-order valence-electron chi connectivity index (χ1n) is 6.09. The zero-order valence-corrected chi connectivity index (χ0v) is 9.51. The van der Waals surface area contributed by atoms with Gasteiger partial charge >= 0.3 is 0 Å². The van der Waals surface area contributed by atoms with Gasteiger partial charge in [-0.1, -0.05) is 6.92 Å². The van der Waals surface area contributed by atoms with E-state index in [1.807, 2.05) is 0 Å². The van der Waals surface area contributed by atoms with Gasteiger partial charge in [-0.25, -0.2) is 0 Å². The zero-order chi connectivity index (χ0) is 10.0. The van der Waals surface area contributed by atoms with Crippen molar-refractivity contribution in [2.24, 2.45) is 5.92 Å². The lowest BCUT2D eigenvalue weighted by molar-refractivity contribution is 0.139. The van der Waals surface area contributed by atoms with Crippen molar-refractivity contribution in [2.75, 3.05) is 13.2 Å². The molecule has 1 saturated carbocycles. The molecule has 0 aromatic rings. The number of hydrogen-bond acceptors (Lipinski definition) is 2. The molecule has 0 aromatic heterocycles. The fourth-order valence-corrected chi connectivity index (χ4v) is 2.72. The summed E-state index contributed by atoms with van der Waals surface area (Å²) in [6, 6.07) is 0.683. The van der Waals surface area contributed by atoms with Crippen LogP contribution < -0.4 is 5.32 Å². The van der Waals surface area contributed by atoms with Gasteiger partial charge in [0.1, 0.15) is 0 Å². The first-order valence-corrected chi connectivity index (χ1v) is 6.09. The van der Waals surface area contributed by atoms with Gasteiger partial charge in [-0.15, -0.1) is 0 Å². The highest BCUT2D eigenvalue weighted by atomic mass is 16.5. The van der Waals surface area contributed by atoms with Gasteiger partial charge in [-0.05, 0) is 44.9 Å². The molecule has 2 rings (SSSR count). The molecule has 2 nitrogen and oxygen atoms in total. The quantitative estimate of drug-likeness (QED) is 0.747. The Labute approximate surface area is 87.4 Å². The maximum atomic E-state index is 5.47. The van der Waals surface area contributed by atoms with Crippen LogP contribution in [0.25, 0.3) is 0 Å². The predicted molar refractivity (Wildman–Crippen MR) is 58.4 cm³/mol. The lowest BCUT2D eigenvalue weighted by Gasteiger charge is -2.43. The summed E-state index contributed by atoms with van der Waals surface area (Å²) in [6.45, 7) is 6.61. The molecule has 0 bridgehead atoms. The van der Waals surface area contributed by atoms with Crippen molar-refractivity contribution < 1.29 is 4.74 Å². The van der Waals surface area contributed by atoms with E-state index >= 15 is 0 Å². The van der Waals surface area contributed by atoms with Crippen molar-refractivity contribution in [1.82, 2.24) is 5.32 Å². The van der Waals surface area contributed by atoms with E-state index in [4.69, 9.17) is 4.74 Å². The van der Waals surface area contributed by atoms with Crippen LogP contribution in [0.15, 0.2) is 0 Å². The lowest BCUT2D eigenvalue weighted by atomic mass is 9.77. The maximum Gasteiger partial charge on any atom is 0.0510 e. The van der Waals surface area contributed by atoms with Gasteiger partial charge in [0.2, 0.25) is 0 Å². The van der Waals surface area contributed by atoms with Gasteiger partial charge in [0.15, 0.2) is 0 Å². The second-order valence-corrected chi connectivity index (χ2v) is 5.20. The van der Waals surface area contributed by atoms with Gasteiger partial charge in [0, 0.05) is 18.2 Å². The molecule has 0 spiro atoms. The zero-order valence-electron chi connectivity index (χ0n) is 9.51. The third kappa shape index (κ3) is 2.12. The molecule has 1 heterocycles. The SMILES string of the molecule is CCC(NC1(C)CCC1)C1CCOC1. The van der Waals surface area contributed by atoms with Crippen LogP contribution in [0.5, 0.6) is 0 Å². The van der Waals surface area contributed by atoms with E-state index in [0.29, 0.717) is 11.6 Å². The van der Waals surface area contributed by atoms with E-state index in [0.717, 1.165) is 19.1 Å². The largest absolute Gasteiger partial charge is 0.381 e. The summed E-state index contributed by atoms with van der Waals surface area (Å²) in [4.78, 5) is 0. The summed E-state index contributed by atoms with van der Waals surface area (Å²) >= 11 is 0. The molecular formula is C12H23NO. The summed E-state index contributed by atoms with van der Waals surface area (Å²) in [5, 5.41) is 3.84. The minimum Gasteiger partial charge on any atom is -0.381 e. The highest BCUT2D eigenvalue weighted by molar-refractivity contribution is 4.95. The minimum absolute atomic E-state index is 0.448. The highest BCUT2D eigenvalue weighted by Crippen LogP contribution is 2.33. The summed E-state index contributed by atoms with van der Waals surface area (Å²) < 4.78 is 5.47. The van der Waals surface area contributed by atoms with Crippen molar-refractivity contribution in [1.29, 1.82) is 0 Å². The van der Waals surface area contributed by atoms with Crippen molar-refractivity contribution >= 4 is 0 Å². The summed E-state index contributed by atoms with van der Waals surface area (Å²) in [5.41, 5.74) is 0.448. The molecule has 2 aliphatic rings. The van der Waals surface area contributed by atoms with E-state index in [2.05, 4.69) is 19.2 Å². The number of ether oxygens (including phenoxy) is 1. The number of nitrogens with one attached hydrogen (secondary N) is 1. The molecular weight excluding hydrogens is 174 g/mol. The Morgan fingerprint density at radius 1 is 1.50 bits per heavy atom. The highest BCUT2D eigenvalue weighted by Gasteiger charge is 2.36. The summed E-state index contributed by atoms with van der Waals surface area (Å²) in [7, 11) is 0. The smallest absolute Gasteiger partial charge is 0.0510 e. The van der Waals surface area contributed by atoms with Crippen LogP contribution in [0.1, 0.15) is 46.0 Å². The standard InChI is InChI=1S/C12H23NO/c1-3-11(10-5-8-14-9-10)13-12(2)6-4-7-12/h10-11,13H,3-9H2,1-2H3. The van der Waals surface area contributed by atoms with Gasteiger partial charge < -0.3 is 10.1 Å². The van der Waals surface area contributed by atoms with Gasteiger partial charge in [-0.2, -0.15) is 0 Å². The first-order chi connectivity index (χ1) is 6.73. The van der Waals surface area contributed by atoms with Crippen molar-refractivity contribution in [3.05, 3.63) is 0 Å². The normalized spacial score (nSPS) is 32.6. The number of rotatable bonds is 4. The van der Waals surface area contributed by atoms with E-state index in [1.54, 1.807) is 0 Å². The fourth-order valence-electron chi connectivity index (χ4n) is 2.72. The van der Waals surface area contributed by atoms with Crippen LogP contribution in [-0.4, -0.2) is 24.8 Å². The number of hydrogen-bond donors (Lipinski definition) is 1. The maximum absolute atomic E-state index is 5.47. The Morgan fingerprint density at radius 2 is 2.29 bits per heavy atom. The van der Waals surface area contributed by atoms with Gasteiger partial charge in [-0.3, -0.25) is 0 Å². The Morgan fingerprint density at radius 3 is 2.71 bits per heavy atom. The molecule has 14 heavy (non-hydrogen) atoms. The van der Waals surface area contributed by atoms with Crippen LogP contribution in [0, 0.1) is 5.92 Å². The molecule has 1 N–H and O–H groups in total. The van der Waals surface area contributed by atoms with E-state index in [-0.39, 0.29) is 0 Å². The molecule has 2 unspecified atom stereocenters. The van der Waals surface area contributed by atoms with Crippen LogP contribution >= 0.6 is 0 Å². The lowest BCUT2D eigenvalue weighted by Crippen LogP contribution is -2.54. The molecule has 1 aliphatic carbocycles. The van der Waals surface area contributed by atoms with Crippen LogP contribution in [0.2, 0.25) is 0 Å².